The highest BCUT2D eigenvalue weighted by atomic mass is 16.5. The lowest BCUT2D eigenvalue weighted by Crippen LogP contribution is -2.33. The lowest BCUT2D eigenvalue weighted by Gasteiger charge is -2.23. The van der Waals surface area contributed by atoms with Crippen LogP contribution >= 0.6 is 0 Å². The largest absolute Gasteiger partial charge is 0.475 e. The van der Waals surface area contributed by atoms with Crippen molar-refractivity contribution >= 4 is 16.7 Å². The molecule has 1 atom stereocenters. The van der Waals surface area contributed by atoms with E-state index in [0.717, 1.165) is 28.2 Å². The zero-order valence-electron chi connectivity index (χ0n) is 11.1. The second-order valence-corrected chi connectivity index (χ2v) is 4.83. The molecule has 3 rings (SSSR count). The lowest BCUT2D eigenvalue weighted by molar-refractivity contribution is 0.289. The third kappa shape index (κ3) is 1.58. The Morgan fingerprint density at radius 2 is 2.06 bits per heavy atom. The molecule has 5 heteroatoms. The van der Waals surface area contributed by atoms with Gasteiger partial charge in [-0.25, -0.2) is 15.0 Å². The van der Waals surface area contributed by atoms with Gasteiger partial charge in [-0.05, 0) is 26.8 Å². The molecule has 2 aromatic heterocycles. The maximum Gasteiger partial charge on any atom is 0.227 e. The van der Waals surface area contributed by atoms with E-state index >= 15 is 0 Å². The Hall–Kier alpha value is -1.91. The predicted molar refractivity (Wildman–Crippen MR) is 70.2 cm³/mol. The van der Waals surface area contributed by atoms with Crippen molar-refractivity contribution in [2.45, 2.75) is 26.8 Å². The molecule has 0 spiro atoms. The second kappa shape index (κ2) is 3.80. The van der Waals surface area contributed by atoms with Crippen LogP contribution in [0.3, 0.4) is 0 Å². The molecule has 0 aliphatic carbocycles. The highest BCUT2D eigenvalue weighted by Gasteiger charge is 2.24. The summed E-state index contributed by atoms with van der Waals surface area (Å²) in [7, 11) is 2.03. The van der Waals surface area contributed by atoms with Gasteiger partial charge >= 0.3 is 0 Å². The van der Waals surface area contributed by atoms with Crippen LogP contribution in [0.1, 0.15) is 18.4 Å². The minimum atomic E-state index is 0.261. The number of aromatic nitrogens is 3. The molecule has 94 valence electrons. The SMILES string of the molecule is Cc1cc2nc(C)nc3c2c(n1)OCC(C)N3C. The maximum absolute atomic E-state index is 5.79. The minimum Gasteiger partial charge on any atom is -0.475 e. The smallest absolute Gasteiger partial charge is 0.227 e. The van der Waals surface area contributed by atoms with Crippen molar-refractivity contribution in [3.63, 3.8) is 0 Å². The summed E-state index contributed by atoms with van der Waals surface area (Å²) in [6.45, 7) is 6.59. The minimum absolute atomic E-state index is 0.261. The first-order valence-electron chi connectivity index (χ1n) is 6.08. The Morgan fingerprint density at radius 3 is 2.83 bits per heavy atom. The van der Waals surface area contributed by atoms with E-state index in [0.29, 0.717) is 12.5 Å². The fraction of sp³-hybridized carbons (Fsp3) is 0.462. The van der Waals surface area contributed by atoms with E-state index in [2.05, 4.69) is 26.8 Å². The van der Waals surface area contributed by atoms with Gasteiger partial charge < -0.3 is 9.64 Å². The molecule has 0 N–H and O–H groups in total. The number of pyridine rings is 1. The molecule has 0 bridgehead atoms. The average molecular weight is 244 g/mol. The quantitative estimate of drug-likeness (QED) is 0.708. The zero-order chi connectivity index (χ0) is 12.9. The van der Waals surface area contributed by atoms with Crippen LogP contribution in [0.4, 0.5) is 5.82 Å². The van der Waals surface area contributed by atoms with Crippen LogP contribution in [0.25, 0.3) is 10.9 Å². The number of ether oxygens (including phenoxy) is 1. The van der Waals surface area contributed by atoms with Gasteiger partial charge in [0.05, 0.1) is 11.6 Å². The third-order valence-corrected chi connectivity index (χ3v) is 3.32. The van der Waals surface area contributed by atoms with Crippen molar-refractivity contribution in [1.82, 2.24) is 15.0 Å². The van der Waals surface area contributed by atoms with Crippen LogP contribution in [0.15, 0.2) is 6.07 Å². The standard InChI is InChI=1S/C13H16N4O/c1-7-5-10-11-12(16-9(3)15-10)17(4)8(2)6-18-13(11)14-7/h5,8H,6H2,1-4H3. The molecular formula is C13H16N4O. The summed E-state index contributed by atoms with van der Waals surface area (Å²) < 4.78 is 5.79. The molecule has 0 amide bonds. The summed E-state index contributed by atoms with van der Waals surface area (Å²) in [5.41, 5.74) is 1.82. The van der Waals surface area contributed by atoms with Gasteiger partial charge in [0.1, 0.15) is 23.6 Å². The van der Waals surface area contributed by atoms with E-state index in [1.807, 2.05) is 27.0 Å². The second-order valence-electron chi connectivity index (χ2n) is 4.83. The molecule has 1 aliphatic heterocycles. The van der Waals surface area contributed by atoms with Crippen molar-refractivity contribution in [2.75, 3.05) is 18.6 Å². The summed E-state index contributed by atoms with van der Waals surface area (Å²) >= 11 is 0. The molecule has 0 aromatic carbocycles. The Morgan fingerprint density at radius 1 is 1.28 bits per heavy atom. The van der Waals surface area contributed by atoms with Gasteiger partial charge in [-0.2, -0.15) is 0 Å². The van der Waals surface area contributed by atoms with E-state index in [-0.39, 0.29) is 6.04 Å². The monoisotopic (exact) mass is 244 g/mol. The van der Waals surface area contributed by atoms with E-state index in [1.165, 1.54) is 0 Å². The molecular weight excluding hydrogens is 228 g/mol. The first-order chi connectivity index (χ1) is 8.56. The van der Waals surface area contributed by atoms with Crippen molar-refractivity contribution in [3.05, 3.63) is 17.6 Å². The Labute approximate surface area is 106 Å². The summed E-state index contributed by atoms with van der Waals surface area (Å²) in [5.74, 6) is 2.33. The Balaban J connectivity index is 2.40. The number of nitrogens with zero attached hydrogens (tertiary/aromatic N) is 4. The van der Waals surface area contributed by atoms with Crippen molar-refractivity contribution in [3.8, 4) is 5.88 Å². The number of likely N-dealkylation sites (N-methyl/N-ethyl adjacent to an activating group) is 1. The fourth-order valence-electron chi connectivity index (χ4n) is 2.21. The molecule has 1 aliphatic rings. The number of hydrogen-bond acceptors (Lipinski definition) is 5. The summed E-state index contributed by atoms with van der Waals surface area (Å²) in [5, 5.41) is 0.915. The molecule has 0 radical (unpaired) electrons. The van der Waals surface area contributed by atoms with Gasteiger partial charge in [0, 0.05) is 12.7 Å². The van der Waals surface area contributed by atoms with Gasteiger partial charge in [-0.1, -0.05) is 0 Å². The van der Waals surface area contributed by atoms with Gasteiger partial charge in [0.15, 0.2) is 0 Å². The van der Waals surface area contributed by atoms with Crippen LogP contribution in [0.2, 0.25) is 0 Å². The molecule has 1 unspecified atom stereocenters. The van der Waals surface area contributed by atoms with Crippen LogP contribution in [-0.2, 0) is 0 Å². The van der Waals surface area contributed by atoms with Gasteiger partial charge in [0.2, 0.25) is 5.88 Å². The Kier molecular flexibility index (Phi) is 2.36. The first kappa shape index (κ1) is 11.2. The van der Waals surface area contributed by atoms with Crippen LogP contribution in [0, 0.1) is 13.8 Å². The summed E-state index contributed by atoms with van der Waals surface area (Å²) in [6, 6.07) is 2.24. The highest BCUT2D eigenvalue weighted by molar-refractivity contribution is 5.94. The van der Waals surface area contributed by atoms with Crippen molar-refractivity contribution in [2.24, 2.45) is 0 Å². The average Bonchev–Trinajstić information content (AvgIpc) is 2.42. The number of aryl methyl sites for hydroxylation is 2. The lowest BCUT2D eigenvalue weighted by atomic mass is 10.2. The fourth-order valence-corrected chi connectivity index (χ4v) is 2.21. The predicted octanol–water partition coefficient (Wildman–Crippen LogP) is 1.86. The van der Waals surface area contributed by atoms with E-state index in [9.17, 15) is 0 Å². The van der Waals surface area contributed by atoms with Crippen molar-refractivity contribution in [1.29, 1.82) is 0 Å². The third-order valence-electron chi connectivity index (χ3n) is 3.32. The van der Waals surface area contributed by atoms with Gasteiger partial charge in [-0.3, -0.25) is 0 Å². The molecule has 0 saturated carbocycles. The molecule has 0 fully saturated rings. The summed E-state index contributed by atoms with van der Waals surface area (Å²) in [4.78, 5) is 15.6. The number of hydrogen-bond donors (Lipinski definition) is 0. The van der Waals surface area contributed by atoms with Crippen LogP contribution in [0.5, 0.6) is 5.88 Å². The van der Waals surface area contributed by atoms with E-state index in [1.54, 1.807) is 0 Å². The molecule has 3 heterocycles. The van der Waals surface area contributed by atoms with E-state index < -0.39 is 0 Å². The zero-order valence-corrected chi connectivity index (χ0v) is 11.1. The van der Waals surface area contributed by atoms with Crippen molar-refractivity contribution < 1.29 is 4.74 Å². The maximum atomic E-state index is 5.79. The normalized spacial score (nSPS) is 18.7. The van der Waals surface area contributed by atoms with Crippen LogP contribution < -0.4 is 9.64 Å². The number of rotatable bonds is 0. The van der Waals surface area contributed by atoms with Crippen LogP contribution in [-0.4, -0.2) is 34.6 Å². The Bertz CT molecular complexity index is 621. The molecule has 2 aromatic rings. The first-order valence-corrected chi connectivity index (χ1v) is 6.08. The topological polar surface area (TPSA) is 51.1 Å². The number of anilines is 1. The molecule has 0 saturated heterocycles. The molecule has 18 heavy (non-hydrogen) atoms. The van der Waals surface area contributed by atoms with Gasteiger partial charge in [0.25, 0.3) is 0 Å². The summed E-state index contributed by atoms with van der Waals surface area (Å²) in [6.07, 6.45) is 0. The highest BCUT2D eigenvalue weighted by Crippen LogP contribution is 2.34. The molecule has 5 nitrogen and oxygen atoms in total. The van der Waals surface area contributed by atoms with Gasteiger partial charge in [-0.15, -0.1) is 0 Å². The van der Waals surface area contributed by atoms with E-state index in [4.69, 9.17) is 4.74 Å².